The van der Waals surface area contributed by atoms with Crippen molar-refractivity contribution >= 4 is 10.2 Å². The van der Waals surface area contributed by atoms with Crippen LogP contribution in [-0.2, 0) is 16.6 Å². The van der Waals surface area contributed by atoms with Gasteiger partial charge in [-0.05, 0) is 39.0 Å². The lowest BCUT2D eigenvalue weighted by Crippen LogP contribution is -2.45. The van der Waals surface area contributed by atoms with E-state index in [4.69, 9.17) is 4.98 Å². The molecule has 3 rings (SSSR count). The van der Waals surface area contributed by atoms with Crippen molar-refractivity contribution in [3.8, 4) is 11.3 Å². The van der Waals surface area contributed by atoms with Gasteiger partial charge >= 0.3 is 0 Å². The highest BCUT2D eigenvalue weighted by molar-refractivity contribution is 7.86. The summed E-state index contributed by atoms with van der Waals surface area (Å²) in [5, 5.41) is 7.19. The predicted octanol–water partition coefficient (Wildman–Crippen LogP) is 1.54. The Morgan fingerprint density at radius 3 is 2.73 bits per heavy atom. The van der Waals surface area contributed by atoms with Gasteiger partial charge in [0.05, 0.1) is 23.3 Å². The number of aromatic amines is 1. The Hall–Kier alpha value is -1.84. The molecule has 0 bridgehead atoms. The summed E-state index contributed by atoms with van der Waals surface area (Å²) in [6, 6.07) is 0. The molecule has 26 heavy (non-hydrogen) atoms. The van der Waals surface area contributed by atoms with E-state index in [0.717, 1.165) is 47.6 Å². The van der Waals surface area contributed by atoms with Crippen LogP contribution in [0.1, 0.15) is 29.9 Å². The van der Waals surface area contributed by atoms with Gasteiger partial charge in [0.2, 0.25) is 0 Å². The zero-order valence-electron chi connectivity index (χ0n) is 15.7. The first kappa shape index (κ1) is 18.9. The van der Waals surface area contributed by atoms with Crippen LogP contribution in [0.25, 0.3) is 11.3 Å². The SMILES string of the molecule is Cc1n[nH]c(C)c1-c1cncc(C[C@H]2CCCN(S(=O)(=O)N(C)C)C2)n1. The molecule has 0 radical (unpaired) electrons. The number of piperidine rings is 1. The second-order valence-electron chi connectivity index (χ2n) is 7.07. The number of nitrogens with zero attached hydrogens (tertiary/aromatic N) is 5. The minimum atomic E-state index is -3.36. The molecule has 1 aliphatic heterocycles. The van der Waals surface area contributed by atoms with Crippen LogP contribution in [0.4, 0.5) is 0 Å². The zero-order chi connectivity index (χ0) is 18.9. The Balaban J connectivity index is 1.76. The fourth-order valence-electron chi connectivity index (χ4n) is 3.48. The average molecular weight is 379 g/mol. The van der Waals surface area contributed by atoms with Gasteiger partial charge in [-0.25, -0.2) is 4.98 Å². The number of H-pyrrole nitrogens is 1. The maximum Gasteiger partial charge on any atom is 0.281 e. The largest absolute Gasteiger partial charge is 0.282 e. The third-order valence-corrected chi connectivity index (χ3v) is 6.74. The molecular formula is C17H26N6O2S. The van der Waals surface area contributed by atoms with Crippen molar-refractivity contribution in [2.45, 2.75) is 33.1 Å². The third-order valence-electron chi connectivity index (χ3n) is 4.84. The standard InChI is InChI=1S/C17H26N6O2S/c1-12-17(13(2)21-20-12)16-10-18-9-15(19-16)8-14-6-5-7-23(11-14)26(24,25)22(3)4/h9-10,14H,5-8,11H2,1-4H3,(H,20,21)/t14-/m1/s1. The van der Waals surface area contributed by atoms with E-state index in [-0.39, 0.29) is 5.92 Å². The minimum Gasteiger partial charge on any atom is -0.282 e. The van der Waals surface area contributed by atoms with Gasteiger partial charge in [-0.1, -0.05) is 0 Å². The Labute approximate surface area is 154 Å². The van der Waals surface area contributed by atoms with Gasteiger partial charge in [-0.2, -0.15) is 22.1 Å². The van der Waals surface area contributed by atoms with Gasteiger partial charge in [0, 0.05) is 44.6 Å². The molecule has 142 valence electrons. The minimum absolute atomic E-state index is 0.245. The molecule has 0 spiro atoms. The van der Waals surface area contributed by atoms with Crippen LogP contribution < -0.4 is 0 Å². The summed E-state index contributed by atoms with van der Waals surface area (Å²) in [7, 11) is -0.216. The number of rotatable bonds is 5. The van der Waals surface area contributed by atoms with Crippen LogP contribution in [0.5, 0.6) is 0 Å². The monoisotopic (exact) mass is 378 g/mol. The molecule has 1 aliphatic rings. The molecule has 9 heteroatoms. The van der Waals surface area contributed by atoms with Crippen molar-refractivity contribution in [2.75, 3.05) is 27.2 Å². The number of hydrogen-bond acceptors (Lipinski definition) is 5. The zero-order valence-corrected chi connectivity index (χ0v) is 16.5. The Kier molecular flexibility index (Phi) is 5.40. The fourth-order valence-corrected chi connectivity index (χ4v) is 4.70. The normalized spacial score (nSPS) is 19.2. The topological polar surface area (TPSA) is 95.1 Å². The maximum atomic E-state index is 12.4. The predicted molar refractivity (Wildman–Crippen MR) is 99.7 cm³/mol. The van der Waals surface area contributed by atoms with Crippen LogP contribution >= 0.6 is 0 Å². The van der Waals surface area contributed by atoms with Crippen LogP contribution in [0, 0.1) is 19.8 Å². The quantitative estimate of drug-likeness (QED) is 0.852. The van der Waals surface area contributed by atoms with Gasteiger partial charge in [0.25, 0.3) is 10.2 Å². The Morgan fingerprint density at radius 2 is 2.08 bits per heavy atom. The molecule has 2 aromatic heterocycles. The second kappa shape index (κ2) is 7.42. The lowest BCUT2D eigenvalue weighted by atomic mass is 9.95. The lowest BCUT2D eigenvalue weighted by molar-refractivity contribution is 0.253. The highest BCUT2D eigenvalue weighted by atomic mass is 32.2. The van der Waals surface area contributed by atoms with Crippen molar-refractivity contribution in [1.82, 2.24) is 28.8 Å². The van der Waals surface area contributed by atoms with Crippen LogP contribution in [0.2, 0.25) is 0 Å². The number of nitrogens with one attached hydrogen (secondary N) is 1. The highest BCUT2D eigenvalue weighted by Crippen LogP contribution is 2.25. The molecule has 0 unspecified atom stereocenters. The smallest absolute Gasteiger partial charge is 0.281 e. The van der Waals surface area contributed by atoms with E-state index in [1.165, 1.54) is 4.31 Å². The van der Waals surface area contributed by atoms with Crippen molar-refractivity contribution in [3.05, 3.63) is 29.5 Å². The first-order chi connectivity index (χ1) is 12.3. The van der Waals surface area contributed by atoms with E-state index < -0.39 is 10.2 Å². The molecule has 1 N–H and O–H groups in total. The van der Waals surface area contributed by atoms with E-state index in [1.807, 2.05) is 13.8 Å². The van der Waals surface area contributed by atoms with Gasteiger partial charge in [-0.15, -0.1) is 0 Å². The van der Waals surface area contributed by atoms with Crippen molar-refractivity contribution in [2.24, 2.45) is 5.92 Å². The van der Waals surface area contributed by atoms with Gasteiger partial charge in [0.1, 0.15) is 0 Å². The first-order valence-corrected chi connectivity index (χ1v) is 10.2. The van der Waals surface area contributed by atoms with Crippen molar-refractivity contribution in [1.29, 1.82) is 0 Å². The summed E-state index contributed by atoms with van der Waals surface area (Å²) in [4.78, 5) is 9.09. The summed E-state index contributed by atoms with van der Waals surface area (Å²) in [5.41, 5.74) is 4.54. The summed E-state index contributed by atoms with van der Waals surface area (Å²) in [6.07, 6.45) is 6.10. The van der Waals surface area contributed by atoms with E-state index in [9.17, 15) is 8.42 Å². The molecule has 1 atom stereocenters. The summed E-state index contributed by atoms with van der Waals surface area (Å²) < 4.78 is 27.6. The number of hydrogen-bond donors (Lipinski definition) is 1. The molecule has 3 heterocycles. The van der Waals surface area contributed by atoms with Crippen molar-refractivity contribution in [3.63, 3.8) is 0 Å². The first-order valence-electron chi connectivity index (χ1n) is 8.79. The van der Waals surface area contributed by atoms with Crippen LogP contribution in [0.15, 0.2) is 12.4 Å². The average Bonchev–Trinajstić information content (AvgIpc) is 2.94. The number of aromatic nitrogens is 4. The van der Waals surface area contributed by atoms with E-state index >= 15 is 0 Å². The van der Waals surface area contributed by atoms with E-state index in [0.29, 0.717) is 13.1 Å². The van der Waals surface area contributed by atoms with Gasteiger partial charge in [0.15, 0.2) is 0 Å². The molecule has 0 saturated carbocycles. The lowest BCUT2D eigenvalue weighted by Gasteiger charge is -2.33. The van der Waals surface area contributed by atoms with Gasteiger partial charge < -0.3 is 0 Å². The third kappa shape index (κ3) is 3.79. The van der Waals surface area contributed by atoms with Crippen molar-refractivity contribution < 1.29 is 8.42 Å². The van der Waals surface area contributed by atoms with E-state index in [1.54, 1.807) is 30.8 Å². The van der Waals surface area contributed by atoms with E-state index in [2.05, 4.69) is 15.2 Å². The summed E-state index contributed by atoms with van der Waals surface area (Å²) in [5.74, 6) is 0.245. The fraction of sp³-hybridized carbons (Fsp3) is 0.588. The second-order valence-corrected chi connectivity index (χ2v) is 9.21. The molecule has 8 nitrogen and oxygen atoms in total. The van der Waals surface area contributed by atoms with Crippen LogP contribution in [0.3, 0.4) is 0 Å². The summed E-state index contributed by atoms with van der Waals surface area (Å²) >= 11 is 0. The van der Waals surface area contributed by atoms with Crippen LogP contribution in [-0.4, -0.2) is 64.4 Å². The molecule has 0 amide bonds. The van der Waals surface area contributed by atoms with Gasteiger partial charge in [-0.3, -0.25) is 10.1 Å². The Morgan fingerprint density at radius 1 is 1.31 bits per heavy atom. The maximum absolute atomic E-state index is 12.4. The molecule has 1 saturated heterocycles. The molecule has 2 aromatic rings. The number of aryl methyl sites for hydroxylation is 2. The summed E-state index contributed by atoms with van der Waals surface area (Å²) in [6.45, 7) is 5.01. The molecule has 0 aromatic carbocycles. The Bertz CT molecular complexity index is 858. The molecule has 1 fully saturated rings. The molecule has 0 aliphatic carbocycles. The highest BCUT2D eigenvalue weighted by Gasteiger charge is 2.30. The molecular weight excluding hydrogens is 352 g/mol.